The summed E-state index contributed by atoms with van der Waals surface area (Å²) in [6, 6.07) is 4.96. The van der Waals surface area contributed by atoms with Crippen LogP contribution in [0, 0.1) is 0 Å². The van der Waals surface area contributed by atoms with Crippen molar-refractivity contribution < 1.29 is 13.2 Å². The van der Waals surface area contributed by atoms with E-state index in [4.69, 9.17) is 11.6 Å². The second kappa shape index (κ2) is 3.83. The van der Waals surface area contributed by atoms with Crippen molar-refractivity contribution in [1.82, 2.24) is 9.97 Å². The van der Waals surface area contributed by atoms with Crippen LogP contribution in [0.5, 0.6) is 0 Å². The standard InChI is InChI=1S/C10H6ClF3N2/c11-9-15-5-8(16-9)6-2-1-3-7(4-6)10(12,13)14/h1-5H,(H,15,16). The maximum Gasteiger partial charge on any atom is 0.416 e. The molecule has 0 radical (unpaired) electrons. The monoisotopic (exact) mass is 246 g/mol. The Morgan fingerprint density at radius 1 is 1.25 bits per heavy atom. The third-order valence-electron chi connectivity index (χ3n) is 2.05. The number of rotatable bonds is 1. The summed E-state index contributed by atoms with van der Waals surface area (Å²) in [5.74, 6) is 0. The first-order chi connectivity index (χ1) is 7.47. The number of H-pyrrole nitrogens is 1. The van der Waals surface area contributed by atoms with Gasteiger partial charge in [-0.1, -0.05) is 12.1 Å². The van der Waals surface area contributed by atoms with Crippen molar-refractivity contribution in [2.45, 2.75) is 6.18 Å². The molecular weight excluding hydrogens is 241 g/mol. The van der Waals surface area contributed by atoms with Crippen molar-refractivity contribution >= 4 is 11.6 Å². The van der Waals surface area contributed by atoms with E-state index in [-0.39, 0.29) is 5.28 Å². The molecule has 0 saturated carbocycles. The van der Waals surface area contributed by atoms with E-state index in [2.05, 4.69) is 9.97 Å². The van der Waals surface area contributed by atoms with Crippen molar-refractivity contribution in [3.63, 3.8) is 0 Å². The summed E-state index contributed by atoms with van der Waals surface area (Å²) in [4.78, 5) is 6.37. The Balaban J connectivity index is 2.44. The van der Waals surface area contributed by atoms with E-state index in [9.17, 15) is 13.2 Å². The van der Waals surface area contributed by atoms with Gasteiger partial charge in [0.1, 0.15) is 0 Å². The number of benzene rings is 1. The second-order valence-corrected chi connectivity index (χ2v) is 3.52. The molecule has 6 heteroatoms. The van der Waals surface area contributed by atoms with E-state index in [1.807, 2.05) is 0 Å². The third kappa shape index (κ3) is 2.19. The highest BCUT2D eigenvalue weighted by molar-refractivity contribution is 6.28. The van der Waals surface area contributed by atoms with E-state index < -0.39 is 11.7 Å². The fourth-order valence-electron chi connectivity index (χ4n) is 1.31. The fourth-order valence-corrected chi connectivity index (χ4v) is 1.46. The average molecular weight is 247 g/mol. The van der Waals surface area contributed by atoms with Crippen LogP contribution in [-0.2, 0) is 6.18 Å². The SMILES string of the molecule is FC(F)(F)c1cccc(-c2cnc(Cl)[nH]2)c1. The zero-order chi connectivity index (χ0) is 11.8. The van der Waals surface area contributed by atoms with Crippen LogP contribution in [0.4, 0.5) is 13.2 Å². The van der Waals surface area contributed by atoms with Gasteiger partial charge >= 0.3 is 6.18 Å². The van der Waals surface area contributed by atoms with Crippen LogP contribution in [0.25, 0.3) is 11.3 Å². The quantitative estimate of drug-likeness (QED) is 0.816. The van der Waals surface area contributed by atoms with E-state index in [1.165, 1.54) is 12.3 Å². The van der Waals surface area contributed by atoms with Crippen molar-refractivity contribution in [2.24, 2.45) is 0 Å². The highest BCUT2D eigenvalue weighted by Gasteiger charge is 2.30. The molecule has 1 heterocycles. The summed E-state index contributed by atoms with van der Waals surface area (Å²) in [5.41, 5.74) is 0.154. The molecule has 1 aromatic carbocycles. The van der Waals surface area contributed by atoms with Gasteiger partial charge in [0.05, 0.1) is 17.5 Å². The van der Waals surface area contributed by atoms with E-state index in [0.29, 0.717) is 11.3 Å². The lowest BCUT2D eigenvalue weighted by Gasteiger charge is -2.07. The van der Waals surface area contributed by atoms with Crippen LogP contribution >= 0.6 is 11.6 Å². The molecule has 0 atom stereocenters. The normalized spacial score (nSPS) is 11.8. The molecule has 0 bridgehead atoms. The molecule has 0 amide bonds. The molecule has 84 valence electrons. The molecule has 0 spiro atoms. The number of halogens is 4. The smallest absolute Gasteiger partial charge is 0.329 e. The van der Waals surface area contributed by atoms with Crippen molar-refractivity contribution in [2.75, 3.05) is 0 Å². The molecule has 1 aromatic heterocycles. The molecule has 16 heavy (non-hydrogen) atoms. The summed E-state index contributed by atoms with van der Waals surface area (Å²) in [6.07, 6.45) is -2.96. The van der Waals surface area contributed by atoms with Crippen LogP contribution in [0.1, 0.15) is 5.56 Å². The highest BCUT2D eigenvalue weighted by Crippen LogP contribution is 2.31. The van der Waals surface area contributed by atoms with Crippen molar-refractivity contribution in [3.8, 4) is 11.3 Å². The van der Waals surface area contributed by atoms with Crippen LogP contribution in [0.2, 0.25) is 5.28 Å². The molecule has 1 N–H and O–H groups in total. The van der Waals surface area contributed by atoms with Gasteiger partial charge in [0.25, 0.3) is 0 Å². The average Bonchev–Trinajstić information content (AvgIpc) is 2.64. The van der Waals surface area contributed by atoms with Crippen LogP contribution in [-0.4, -0.2) is 9.97 Å². The lowest BCUT2D eigenvalue weighted by molar-refractivity contribution is -0.137. The molecule has 0 saturated heterocycles. The molecule has 2 rings (SSSR count). The minimum Gasteiger partial charge on any atom is -0.329 e. The predicted octanol–water partition coefficient (Wildman–Crippen LogP) is 3.75. The maximum atomic E-state index is 12.4. The van der Waals surface area contributed by atoms with Gasteiger partial charge in [-0.3, -0.25) is 0 Å². The Hall–Kier alpha value is -1.49. The van der Waals surface area contributed by atoms with Crippen molar-refractivity contribution in [3.05, 3.63) is 41.3 Å². The summed E-state index contributed by atoms with van der Waals surface area (Å²) < 4.78 is 37.3. The Morgan fingerprint density at radius 2 is 2.00 bits per heavy atom. The van der Waals surface area contributed by atoms with Crippen LogP contribution in [0.15, 0.2) is 30.5 Å². The van der Waals surface area contributed by atoms with Gasteiger partial charge < -0.3 is 4.98 Å². The fraction of sp³-hybridized carbons (Fsp3) is 0.100. The summed E-state index contributed by atoms with van der Waals surface area (Å²) in [5, 5.41) is 0.146. The molecule has 0 fully saturated rings. The lowest BCUT2D eigenvalue weighted by atomic mass is 10.1. The second-order valence-electron chi connectivity index (χ2n) is 3.17. The molecule has 2 nitrogen and oxygen atoms in total. The summed E-state index contributed by atoms with van der Waals surface area (Å²) in [6.45, 7) is 0. The topological polar surface area (TPSA) is 28.7 Å². The van der Waals surface area contributed by atoms with Crippen LogP contribution < -0.4 is 0 Å². The first kappa shape index (κ1) is 11.0. The number of aromatic nitrogens is 2. The zero-order valence-electron chi connectivity index (χ0n) is 7.85. The maximum absolute atomic E-state index is 12.4. The summed E-state index contributed by atoms with van der Waals surface area (Å²) in [7, 11) is 0. The summed E-state index contributed by atoms with van der Waals surface area (Å²) >= 11 is 5.55. The lowest BCUT2D eigenvalue weighted by Crippen LogP contribution is -2.04. The number of hydrogen-bond donors (Lipinski definition) is 1. The number of nitrogens with one attached hydrogen (secondary N) is 1. The molecule has 0 aliphatic carbocycles. The van der Waals surface area contributed by atoms with Gasteiger partial charge in [0.15, 0.2) is 5.28 Å². The first-order valence-electron chi connectivity index (χ1n) is 4.35. The van der Waals surface area contributed by atoms with Crippen molar-refractivity contribution in [1.29, 1.82) is 0 Å². The van der Waals surface area contributed by atoms with Gasteiger partial charge in [-0.05, 0) is 23.7 Å². The Kier molecular flexibility index (Phi) is 2.63. The largest absolute Gasteiger partial charge is 0.416 e. The Morgan fingerprint density at radius 3 is 2.56 bits per heavy atom. The molecule has 2 aromatic rings. The number of imidazole rings is 1. The molecule has 0 aliphatic rings. The van der Waals surface area contributed by atoms with Gasteiger partial charge in [0.2, 0.25) is 0 Å². The highest BCUT2D eigenvalue weighted by atomic mass is 35.5. The minimum atomic E-state index is -4.35. The zero-order valence-corrected chi connectivity index (χ0v) is 8.60. The predicted molar refractivity (Wildman–Crippen MR) is 54.0 cm³/mol. The first-order valence-corrected chi connectivity index (χ1v) is 4.73. The number of alkyl halides is 3. The number of hydrogen-bond acceptors (Lipinski definition) is 1. The van der Waals surface area contributed by atoms with E-state index in [0.717, 1.165) is 12.1 Å². The Labute approximate surface area is 94.1 Å². The minimum absolute atomic E-state index is 0.146. The van der Waals surface area contributed by atoms with Gasteiger partial charge in [-0.15, -0.1) is 0 Å². The Bertz CT molecular complexity index is 505. The molecular formula is C10H6ClF3N2. The third-order valence-corrected chi connectivity index (χ3v) is 2.24. The number of nitrogens with zero attached hydrogens (tertiary/aromatic N) is 1. The molecule has 0 unspecified atom stereocenters. The van der Waals surface area contributed by atoms with Crippen LogP contribution in [0.3, 0.4) is 0 Å². The van der Waals surface area contributed by atoms with Gasteiger partial charge in [-0.2, -0.15) is 13.2 Å². The van der Waals surface area contributed by atoms with E-state index >= 15 is 0 Å². The van der Waals surface area contributed by atoms with E-state index in [1.54, 1.807) is 6.07 Å². The van der Waals surface area contributed by atoms with Gasteiger partial charge in [0, 0.05) is 5.56 Å². The van der Waals surface area contributed by atoms with Gasteiger partial charge in [-0.25, -0.2) is 4.98 Å². The number of aromatic amines is 1. The molecule has 0 aliphatic heterocycles.